The van der Waals surface area contributed by atoms with Gasteiger partial charge in [-0.3, -0.25) is 4.79 Å². The zero-order chi connectivity index (χ0) is 14.1. The van der Waals surface area contributed by atoms with Crippen molar-refractivity contribution in [2.45, 2.75) is 39.0 Å². The fourth-order valence-corrected chi connectivity index (χ4v) is 1.65. The van der Waals surface area contributed by atoms with Gasteiger partial charge < -0.3 is 9.15 Å². The average molecular weight is 264 g/mol. The molecule has 0 atom stereocenters. The molecule has 0 unspecified atom stereocenters. The number of rotatable bonds is 8. The number of hydrogen-bond donors (Lipinski definition) is 0. The fraction of sp³-hybridized carbons (Fsp3) is 0.467. The van der Waals surface area contributed by atoms with E-state index in [2.05, 4.69) is 11.7 Å². The van der Waals surface area contributed by atoms with E-state index in [-0.39, 0.29) is 5.78 Å². The summed E-state index contributed by atoms with van der Waals surface area (Å²) in [5.74, 6) is 0.376. The predicted molar refractivity (Wildman–Crippen MR) is 72.8 cm³/mol. The number of Topliss-reactive ketones (excluding diaryl/α,β-unsaturated/α-hetero) is 1. The summed E-state index contributed by atoms with van der Waals surface area (Å²) in [6.45, 7) is 2.13. The molecule has 0 fully saturated rings. The SMILES string of the molecule is CCCCCCC(=O)c1ccc(/C=C/C(=O)OC)o1. The van der Waals surface area contributed by atoms with Crippen LogP contribution in [0.4, 0.5) is 0 Å². The van der Waals surface area contributed by atoms with Crippen LogP contribution in [0.3, 0.4) is 0 Å². The van der Waals surface area contributed by atoms with E-state index >= 15 is 0 Å². The van der Waals surface area contributed by atoms with Crippen molar-refractivity contribution >= 4 is 17.8 Å². The van der Waals surface area contributed by atoms with Gasteiger partial charge >= 0.3 is 5.97 Å². The van der Waals surface area contributed by atoms with Gasteiger partial charge in [-0.2, -0.15) is 0 Å². The monoisotopic (exact) mass is 264 g/mol. The summed E-state index contributed by atoms with van der Waals surface area (Å²) in [6, 6.07) is 3.30. The normalized spacial score (nSPS) is 10.8. The maximum absolute atomic E-state index is 11.8. The maximum atomic E-state index is 11.8. The van der Waals surface area contributed by atoms with Gasteiger partial charge in [-0.1, -0.05) is 26.2 Å². The number of ether oxygens (including phenoxy) is 1. The van der Waals surface area contributed by atoms with E-state index < -0.39 is 5.97 Å². The molecule has 0 aliphatic heterocycles. The number of esters is 1. The number of carbonyl (C=O) groups excluding carboxylic acids is 2. The van der Waals surface area contributed by atoms with Gasteiger partial charge in [-0.25, -0.2) is 4.79 Å². The smallest absolute Gasteiger partial charge is 0.330 e. The molecular formula is C15H20O4. The van der Waals surface area contributed by atoms with Crippen molar-refractivity contribution in [1.29, 1.82) is 0 Å². The van der Waals surface area contributed by atoms with Crippen LogP contribution >= 0.6 is 0 Å². The Bertz CT molecular complexity index is 443. The van der Waals surface area contributed by atoms with E-state index in [1.54, 1.807) is 12.1 Å². The lowest BCUT2D eigenvalue weighted by atomic mass is 10.1. The molecule has 0 radical (unpaired) electrons. The molecule has 0 aliphatic carbocycles. The van der Waals surface area contributed by atoms with Crippen molar-refractivity contribution in [2.24, 2.45) is 0 Å². The number of ketones is 1. The predicted octanol–water partition coefficient (Wildman–Crippen LogP) is 3.62. The molecule has 0 spiro atoms. The second-order valence-corrected chi connectivity index (χ2v) is 4.29. The lowest BCUT2D eigenvalue weighted by Crippen LogP contribution is -1.96. The molecule has 0 N–H and O–H groups in total. The van der Waals surface area contributed by atoms with Crippen LogP contribution in [-0.2, 0) is 9.53 Å². The summed E-state index contributed by atoms with van der Waals surface area (Å²) in [7, 11) is 1.31. The summed E-state index contributed by atoms with van der Waals surface area (Å²) < 4.78 is 9.82. The van der Waals surface area contributed by atoms with E-state index in [9.17, 15) is 9.59 Å². The quantitative estimate of drug-likeness (QED) is 0.311. The molecule has 0 aromatic carbocycles. The third kappa shape index (κ3) is 5.55. The molecule has 0 amide bonds. The van der Waals surface area contributed by atoms with Gasteiger partial charge in [0.05, 0.1) is 7.11 Å². The van der Waals surface area contributed by atoms with Crippen LogP contribution < -0.4 is 0 Å². The highest BCUT2D eigenvalue weighted by Gasteiger charge is 2.09. The highest BCUT2D eigenvalue weighted by atomic mass is 16.5. The molecule has 0 aliphatic rings. The second kappa shape index (κ2) is 8.29. The molecule has 1 aromatic rings. The molecule has 4 heteroatoms. The molecular weight excluding hydrogens is 244 g/mol. The number of furan rings is 1. The second-order valence-electron chi connectivity index (χ2n) is 4.29. The standard InChI is InChI=1S/C15H20O4/c1-3-4-5-6-7-13(16)14-10-8-12(19-14)9-11-15(17)18-2/h8-11H,3-7H2,1-2H3/b11-9+. The van der Waals surface area contributed by atoms with Gasteiger partial charge in [-0.05, 0) is 24.6 Å². The molecule has 1 heterocycles. The molecule has 104 valence electrons. The van der Waals surface area contributed by atoms with Gasteiger partial charge in [0.15, 0.2) is 11.5 Å². The molecule has 0 bridgehead atoms. The molecule has 0 saturated carbocycles. The van der Waals surface area contributed by atoms with Crippen LogP contribution in [0.15, 0.2) is 22.6 Å². The molecule has 1 rings (SSSR count). The molecule has 19 heavy (non-hydrogen) atoms. The Balaban J connectivity index is 2.47. The fourth-order valence-electron chi connectivity index (χ4n) is 1.65. The largest absolute Gasteiger partial charge is 0.466 e. The zero-order valence-electron chi connectivity index (χ0n) is 11.5. The first-order chi connectivity index (χ1) is 9.17. The number of hydrogen-bond acceptors (Lipinski definition) is 4. The minimum atomic E-state index is -0.455. The first-order valence-corrected chi connectivity index (χ1v) is 6.56. The van der Waals surface area contributed by atoms with Crippen molar-refractivity contribution in [1.82, 2.24) is 0 Å². The molecule has 4 nitrogen and oxygen atoms in total. The summed E-state index contributed by atoms with van der Waals surface area (Å²) in [4.78, 5) is 22.7. The van der Waals surface area contributed by atoms with Crippen molar-refractivity contribution < 1.29 is 18.7 Å². The van der Waals surface area contributed by atoms with E-state index in [4.69, 9.17) is 4.42 Å². The lowest BCUT2D eigenvalue weighted by molar-refractivity contribution is -0.134. The Morgan fingerprint density at radius 3 is 2.74 bits per heavy atom. The van der Waals surface area contributed by atoms with Gasteiger partial charge in [-0.15, -0.1) is 0 Å². The maximum Gasteiger partial charge on any atom is 0.330 e. The summed E-state index contributed by atoms with van der Waals surface area (Å²) >= 11 is 0. The summed E-state index contributed by atoms with van der Waals surface area (Å²) in [6.07, 6.45) is 7.51. The minimum Gasteiger partial charge on any atom is -0.466 e. The number of methoxy groups -OCH3 is 1. The third-order valence-corrected chi connectivity index (χ3v) is 2.74. The third-order valence-electron chi connectivity index (χ3n) is 2.74. The highest BCUT2D eigenvalue weighted by molar-refractivity contribution is 5.93. The average Bonchev–Trinajstić information content (AvgIpc) is 2.89. The van der Waals surface area contributed by atoms with E-state index in [1.807, 2.05) is 0 Å². The Kier molecular flexibility index (Phi) is 6.64. The van der Waals surface area contributed by atoms with Crippen LogP contribution in [-0.4, -0.2) is 18.9 Å². The van der Waals surface area contributed by atoms with E-state index in [0.29, 0.717) is 17.9 Å². The van der Waals surface area contributed by atoms with Crippen molar-refractivity contribution in [3.63, 3.8) is 0 Å². The lowest BCUT2D eigenvalue weighted by Gasteiger charge is -1.97. The molecule has 1 aromatic heterocycles. The van der Waals surface area contributed by atoms with Crippen molar-refractivity contribution in [3.05, 3.63) is 29.7 Å². The Labute approximate surface area is 113 Å². The first kappa shape index (κ1) is 15.2. The van der Waals surface area contributed by atoms with Crippen molar-refractivity contribution in [3.8, 4) is 0 Å². The van der Waals surface area contributed by atoms with Crippen LogP contribution in [0.25, 0.3) is 6.08 Å². The number of unbranched alkanes of at least 4 members (excludes halogenated alkanes) is 3. The van der Waals surface area contributed by atoms with E-state index in [1.165, 1.54) is 19.3 Å². The van der Waals surface area contributed by atoms with Gasteiger partial charge in [0, 0.05) is 12.5 Å². The van der Waals surface area contributed by atoms with E-state index in [0.717, 1.165) is 25.7 Å². The number of carbonyl (C=O) groups is 2. The Morgan fingerprint density at radius 1 is 1.26 bits per heavy atom. The van der Waals surface area contributed by atoms with Gasteiger partial charge in [0.1, 0.15) is 5.76 Å². The Morgan fingerprint density at radius 2 is 2.05 bits per heavy atom. The van der Waals surface area contributed by atoms with Gasteiger partial charge in [0.25, 0.3) is 0 Å². The first-order valence-electron chi connectivity index (χ1n) is 6.56. The topological polar surface area (TPSA) is 56.5 Å². The molecule has 0 saturated heterocycles. The summed E-state index contributed by atoms with van der Waals surface area (Å²) in [5.41, 5.74) is 0. The van der Waals surface area contributed by atoms with Crippen LogP contribution in [0.2, 0.25) is 0 Å². The minimum absolute atomic E-state index is 0.00817. The van der Waals surface area contributed by atoms with Gasteiger partial charge in [0.2, 0.25) is 0 Å². The van der Waals surface area contributed by atoms with Crippen LogP contribution in [0.1, 0.15) is 55.3 Å². The van der Waals surface area contributed by atoms with Crippen molar-refractivity contribution in [2.75, 3.05) is 7.11 Å². The Hall–Kier alpha value is -1.84. The van der Waals surface area contributed by atoms with Crippen LogP contribution in [0.5, 0.6) is 0 Å². The summed E-state index contributed by atoms with van der Waals surface area (Å²) in [5, 5.41) is 0. The van der Waals surface area contributed by atoms with Crippen LogP contribution in [0, 0.1) is 0 Å². The highest BCUT2D eigenvalue weighted by Crippen LogP contribution is 2.14. The zero-order valence-corrected chi connectivity index (χ0v) is 11.5.